The van der Waals surface area contributed by atoms with E-state index in [0.717, 1.165) is 35.2 Å². The molecule has 6 heteroatoms. The van der Waals surface area contributed by atoms with E-state index in [4.69, 9.17) is 4.52 Å². The van der Waals surface area contributed by atoms with Gasteiger partial charge in [-0.2, -0.15) is 4.98 Å². The van der Waals surface area contributed by atoms with E-state index in [9.17, 15) is 4.79 Å². The van der Waals surface area contributed by atoms with Crippen LogP contribution in [0.1, 0.15) is 35.9 Å². The van der Waals surface area contributed by atoms with Crippen LogP contribution in [0.4, 0.5) is 10.5 Å². The lowest BCUT2D eigenvalue weighted by molar-refractivity contribution is 0.193. The molecule has 0 spiro atoms. The van der Waals surface area contributed by atoms with Crippen molar-refractivity contribution in [2.45, 2.75) is 32.7 Å². The van der Waals surface area contributed by atoms with Crippen molar-refractivity contribution in [2.24, 2.45) is 0 Å². The number of aromatic nitrogens is 2. The molecule has 1 atom stereocenters. The zero-order valence-electron chi connectivity index (χ0n) is 15.5. The Morgan fingerprint density at radius 3 is 2.63 bits per heavy atom. The average Bonchev–Trinajstić information content (AvgIpc) is 3.31. The second kappa shape index (κ2) is 7.23. The fraction of sp³-hybridized carbons (Fsp3) is 0.286. The molecule has 3 aromatic rings. The number of likely N-dealkylation sites (tertiary alicyclic amines) is 1. The first-order valence-electron chi connectivity index (χ1n) is 9.15. The van der Waals surface area contributed by atoms with E-state index in [2.05, 4.69) is 21.5 Å². The SMILES string of the molecule is Cc1cc(C)cc(NC(=O)N2CCC[C@H]2c2nc(-c3ccccc3)no2)c1. The maximum atomic E-state index is 12.8. The minimum atomic E-state index is -0.194. The van der Waals surface area contributed by atoms with Crippen molar-refractivity contribution in [3.05, 3.63) is 65.5 Å². The fourth-order valence-corrected chi connectivity index (χ4v) is 3.58. The van der Waals surface area contributed by atoms with Crippen LogP contribution in [0.25, 0.3) is 11.4 Å². The van der Waals surface area contributed by atoms with Gasteiger partial charge in [0, 0.05) is 17.8 Å². The first kappa shape index (κ1) is 17.3. The van der Waals surface area contributed by atoms with Gasteiger partial charge in [0.25, 0.3) is 0 Å². The number of aryl methyl sites for hydroxylation is 2. The van der Waals surface area contributed by atoms with Crippen LogP contribution >= 0.6 is 0 Å². The minimum absolute atomic E-state index is 0.137. The Bertz CT molecular complexity index is 932. The van der Waals surface area contributed by atoms with Crippen LogP contribution in [-0.2, 0) is 0 Å². The van der Waals surface area contributed by atoms with Crippen LogP contribution in [0.15, 0.2) is 53.1 Å². The summed E-state index contributed by atoms with van der Waals surface area (Å²) in [5.41, 5.74) is 3.94. The normalized spacial score (nSPS) is 16.5. The summed E-state index contributed by atoms with van der Waals surface area (Å²) in [7, 11) is 0. The zero-order valence-corrected chi connectivity index (χ0v) is 15.5. The van der Waals surface area contributed by atoms with E-state index >= 15 is 0 Å². The number of nitrogens with zero attached hydrogens (tertiary/aromatic N) is 3. The number of hydrogen-bond donors (Lipinski definition) is 1. The van der Waals surface area contributed by atoms with Gasteiger partial charge in [-0.1, -0.05) is 41.6 Å². The third kappa shape index (κ3) is 3.69. The molecule has 0 radical (unpaired) electrons. The number of benzene rings is 2. The number of nitrogens with one attached hydrogen (secondary N) is 1. The lowest BCUT2D eigenvalue weighted by Gasteiger charge is -2.22. The molecule has 0 saturated carbocycles. The molecule has 2 amide bonds. The Hall–Kier alpha value is -3.15. The molecule has 1 aliphatic heterocycles. The molecule has 1 N–H and O–H groups in total. The highest BCUT2D eigenvalue weighted by Gasteiger charge is 2.34. The van der Waals surface area contributed by atoms with Crippen LogP contribution in [0, 0.1) is 13.8 Å². The van der Waals surface area contributed by atoms with E-state index in [-0.39, 0.29) is 12.1 Å². The number of rotatable bonds is 3. The molecule has 0 unspecified atom stereocenters. The van der Waals surface area contributed by atoms with E-state index in [0.29, 0.717) is 18.3 Å². The lowest BCUT2D eigenvalue weighted by Crippen LogP contribution is -2.34. The maximum absolute atomic E-state index is 12.8. The van der Waals surface area contributed by atoms with Crippen molar-refractivity contribution >= 4 is 11.7 Å². The molecule has 2 aromatic carbocycles. The number of hydrogen-bond acceptors (Lipinski definition) is 4. The summed E-state index contributed by atoms with van der Waals surface area (Å²) in [4.78, 5) is 19.1. The Morgan fingerprint density at radius 2 is 1.89 bits per heavy atom. The van der Waals surface area contributed by atoms with Crippen molar-refractivity contribution in [2.75, 3.05) is 11.9 Å². The topological polar surface area (TPSA) is 71.3 Å². The van der Waals surface area contributed by atoms with Crippen LogP contribution in [0.5, 0.6) is 0 Å². The molecule has 1 aromatic heterocycles. The first-order valence-corrected chi connectivity index (χ1v) is 9.15. The van der Waals surface area contributed by atoms with Gasteiger partial charge < -0.3 is 14.7 Å². The number of carbonyl (C=O) groups is 1. The molecule has 0 aliphatic carbocycles. The molecule has 4 rings (SSSR count). The van der Waals surface area contributed by atoms with Gasteiger partial charge in [0.1, 0.15) is 6.04 Å². The van der Waals surface area contributed by atoms with Crippen molar-refractivity contribution < 1.29 is 9.32 Å². The Morgan fingerprint density at radius 1 is 1.15 bits per heavy atom. The van der Waals surface area contributed by atoms with Crippen LogP contribution < -0.4 is 5.32 Å². The van der Waals surface area contributed by atoms with Crippen LogP contribution in [-0.4, -0.2) is 27.6 Å². The van der Waals surface area contributed by atoms with Gasteiger partial charge in [-0.25, -0.2) is 4.79 Å². The summed E-state index contributed by atoms with van der Waals surface area (Å²) >= 11 is 0. The minimum Gasteiger partial charge on any atom is -0.337 e. The van der Waals surface area contributed by atoms with E-state index in [1.165, 1.54) is 0 Å². The van der Waals surface area contributed by atoms with Crippen molar-refractivity contribution in [3.63, 3.8) is 0 Å². The smallest absolute Gasteiger partial charge is 0.322 e. The summed E-state index contributed by atoms with van der Waals surface area (Å²) in [6.07, 6.45) is 1.73. The van der Waals surface area contributed by atoms with Gasteiger partial charge in [0.2, 0.25) is 11.7 Å². The summed E-state index contributed by atoms with van der Waals surface area (Å²) in [6, 6.07) is 15.4. The average molecular weight is 362 g/mol. The lowest BCUT2D eigenvalue weighted by atomic mass is 10.1. The summed E-state index contributed by atoms with van der Waals surface area (Å²) in [6.45, 7) is 4.71. The summed E-state index contributed by atoms with van der Waals surface area (Å²) < 4.78 is 5.49. The van der Waals surface area contributed by atoms with Gasteiger partial charge in [-0.3, -0.25) is 0 Å². The molecule has 27 heavy (non-hydrogen) atoms. The predicted octanol–water partition coefficient (Wildman–Crippen LogP) is 4.72. The predicted molar refractivity (Wildman–Crippen MR) is 103 cm³/mol. The van der Waals surface area contributed by atoms with Crippen molar-refractivity contribution in [1.29, 1.82) is 0 Å². The highest BCUT2D eigenvalue weighted by atomic mass is 16.5. The Balaban J connectivity index is 1.52. The number of carbonyl (C=O) groups excluding carboxylic acids is 1. The molecule has 6 nitrogen and oxygen atoms in total. The second-order valence-electron chi connectivity index (χ2n) is 6.98. The van der Waals surface area contributed by atoms with Crippen molar-refractivity contribution in [3.8, 4) is 11.4 Å². The van der Waals surface area contributed by atoms with Gasteiger partial charge in [0.15, 0.2) is 0 Å². The maximum Gasteiger partial charge on any atom is 0.322 e. The van der Waals surface area contributed by atoms with Crippen molar-refractivity contribution in [1.82, 2.24) is 15.0 Å². The summed E-state index contributed by atoms with van der Waals surface area (Å²) in [5.74, 6) is 1.04. The second-order valence-corrected chi connectivity index (χ2v) is 6.98. The molecule has 138 valence electrons. The molecule has 2 heterocycles. The Kier molecular flexibility index (Phi) is 4.62. The monoisotopic (exact) mass is 362 g/mol. The third-order valence-corrected chi connectivity index (χ3v) is 4.75. The number of urea groups is 1. The number of amides is 2. The van der Waals surface area contributed by atoms with Gasteiger partial charge >= 0.3 is 6.03 Å². The van der Waals surface area contributed by atoms with Crippen LogP contribution in [0.3, 0.4) is 0 Å². The van der Waals surface area contributed by atoms with Gasteiger partial charge in [-0.05, 0) is 49.9 Å². The van der Waals surface area contributed by atoms with E-state index in [1.807, 2.05) is 56.3 Å². The van der Waals surface area contributed by atoms with Gasteiger partial charge in [0.05, 0.1) is 0 Å². The Labute approximate surface area is 158 Å². The third-order valence-electron chi connectivity index (χ3n) is 4.75. The first-order chi connectivity index (χ1) is 13.1. The highest BCUT2D eigenvalue weighted by molar-refractivity contribution is 5.90. The number of anilines is 1. The summed E-state index contributed by atoms with van der Waals surface area (Å²) in [5, 5.41) is 7.09. The molecule has 1 fully saturated rings. The highest BCUT2D eigenvalue weighted by Crippen LogP contribution is 2.32. The molecule has 1 aliphatic rings. The van der Waals surface area contributed by atoms with E-state index < -0.39 is 0 Å². The van der Waals surface area contributed by atoms with E-state index in [1.54, 1.807) is 4.90 Å². The molecule has 0 bridgehead atoms. The molecular weight excluding hydrogens is 340 g/mol. The zero-order chi connectivity index (χ0) is 18.8. The largest absolute Gasteiger partial charge is 0.337 e. The molecular formula is C21H22N4O2. The van der Waals surface area contributed by atoms with Gasteiger partial charge in [-0.15, -0.1) is 0 Å². The fourth-order valence-electron chi connectivity index (χ4n) is 3.58. The van der Waals surface area contributed by atoms with Crippen LogP contribution in [0.2, 0.25) is 0 Å². The molecule has 1 saturated heterocycles. The standard InChI is InChI=1S/C21H22N4O2/c1-14-11-15(2)13-17(12-14)22-21(26)25-10-6-9-18(25)20-23-19(24-27-20)16-7-4-3-5-8-16/h3-5,7-8,11-13,18H,6,9-10H2,1-2H3,(H,22,26)/t18-/m0/s1. The quantitative estimate of drug-likeness (QED) is 0.732.